The van der Waals surface area contributed by atoms with E-state index in [1.807, 2.05) is 66.7 Å². The van der Waals surface area contributed by atoms with Gasteiger partial charge in [-0.1, -0.05) is 66.2 Å². The number of halogens is 1. The van der Waals surface area contributed by atoms with Crippen LogP contribution in [0.15, 0.2) is 78.9 Å². The number of benzene rings is 3. The Morgan fingerprint density at radius 1 is 0.846 bits per heavy atom. The van der Waals surface area contributed by atoms with Gasteiger partial charge >= 0.3 is 0 Å². The van der Waals surface area contributed by atoms with Crippen LogP contribution in [-0.2, 0) is 6.54 Å². The Balaban J connectivity index is 1.79. The highest BCUT2D eigenvalue weighted by Crippen LogP contribution is 2.30. The van der Waals surface area contributed by atoms with E-state index in [0.29, 0.717) is 18.0 Å². The summed E-state index contributed by atoms with van der Waals surface area (Å²) < 4.78 is 0. The average molecular weight is 367 g/mol. The van der Waals surface area contributed by atoms with Crippen molar-refractivity contribution in [3.05, 3.63) is 101 Å². The van der Waals surface area contributed by atoms with Crippen LogP contribution in [0.3, 0.4) is 0 Å². The summed E-state index contributed by atoms with van der Waals surface area (Å²) in [5, 5.41) is 15.0. The molecule has 0 fully saturated rings. The molecule has 4 heteroatoms. The second-order valence-electron chi connectivity index (χ2n) is 6.31. The van der Waals surface area contributed by atoms with Gasteiger partial charge in [0, 0.05) is 23.7 Å². The smallest absolute Gasteiger partial charge is 0.0812 e. The Bertz CT molecular complexity index is 804. The van der Waals surface area contributed by atoms with Gasteiger partial charge in [-0.05, 0) is 41.0 Å². The maximum atomic E-state index is 10.7. The van der Waals surface area contributed by atoms with Crippen LogP contribution in [0.5, 0.6) is 0 Å². The fourth-order valence-electron chi connectivity index (χ4n) is 2.95. The van der Waals surface area contributed by atoms with Gasteiger partial charge in [0.15, 0.2) is 0 Å². The number of aliphatic hydroxyl groups excluding tert-OH is 1. The summed E-state index contributed by atoms with van der Waals surface area (Å²) in [7, 11) is 0. The molecule has 3 rings (SSSR count). The molecule has 3 aromatic rings. The van der Waals surface area contributed by atoms with Crippen molar-refractivity contribution >= 4 is 17.3 Å². The third-order valence-electron chi connectivity index (χ3n) is 4.45. The summed E-state index contributed by atoms with van der Waals surface area (Å²) in [4.78, 5) is 0. The van der Waals surface area contributed by atoms with E-state index < -0.39 is 6.10 Å². The summed E-state index contributed by atoms with van der Waals surface area (Å²) in [5.74, 6) is 0. The number of nitrogens with two attached hydrogens (primary N) is 1. The molecule has 4 N–H and O–H groups in total. The average Bonchev–Trinajstić information content (AvgIpc) is 2.70. The zero-order valence-corrected chi connectivity index (χ0v) is 15.2. The molecule has 0 aliphatic heterocycles. The molecule has 2 atom stereocenters. The minimum Gasteiger partial charge on any atom is -0.388 e. The molecule has 0 aliphatic carbocycles. The Morgan fingerprint density at radius 2 is 1.50 bits per heavy atom. The van der Waals surface area contributed by atoms with Crippen molar-refractivity contribution < 1.29 is 5.11 Å². The van der Waals surface area contributed by atoms with Crippen molar-refractivity contribution in [2.75, 3.05) is 5.32 Å². The van der Waals surface area contributed by atoms with E-state index in [1.54, 1.807) is 0 Å². The van der Waals surface area contributed by atoms with Gasteiger partial charge < -0.3 is 16.2 Å². The molecule has 2 unspecified atom stereocenters. The van der Waals surface area contributed by atoms with Crippen LogP contribution < -0.4 is 11.1 Å². The van der Waals surface area contributed by atoms with Crippen molar-refractivity contribution in [1.29, 1.82) is 0 Å². The first kappa shape index (κ1) is 18.5. The van der Waals surface area contributed by atoms with E-state index >= 15 is 0 Å². The highest BCUT2D eigenvalue weighted by molar-refractivity contribution is 6.30. The van der Waals surface area contributed by atoms with E-state index in [2.05, 4.69) is 17.4 Å². The first-order valence-corrected chi connectivity index (χ1v) is 9.07. The molecule has 3 nitrogen and oxygen atoms in total. The maximum Gasteiger partial charge on any atom is 0.0812 e. The van der Waals surface area contributed by atoms with Crippen molar-refractivity contribution in [3.63, 3.8) is 0 Å². The van der Waals surface area contributed by atoms with Crippen LogP contribution in [0.4, 0.5) is 5.69 Å². The van der Waals surface area contributed by atoms with Crippen LogP contribution in [0, 0.1) is 0 Å². The van der Waals surface area contributed by atoms with Crippen molar-refractivity contribution in [2.45, 2.75) is 25.1 Å². The Morgan fingerprint density at radius 3 is 2.12 bits per heavy atom. The topological polar surface area (TPSA) is 58.3 Å². The molecule has 0 aromatic heterocycles. The molecule has 0 saturated carbocycles. The molecule has 0 heterocycles. The van der Waals surface area contributed by atoms with Gasteiger partial charge in [-0.25, -0.2) is 0 Å². The third kappa shape index (κ3) is 4.85. The number of anilines is 1. The lowest BCUT2D eigenvalue weighted by atomic mass is 9.96. The second kappa shape index (κ2) is 8.86. The van der Waals surface area contributed by atoms with E-state index in [0.717, 1.165) is 22.4 Å². The van der Waals surface area contributed by atoms with Gasteiger partial charge in [-0.15, -0.1) is 0 Å². The van der Waals surface area contributed by atoms with Crippen LogP contribution in [-0.4, -0.2) is 5.11 Å². The molecule has 0 saturated heterocycles. The first-order valence-electron chi connectivity index (χ1n) is 8.69. The molecular weight excluding hydrogens is 344 g/mol. The summed E-state index contributed by atoms with van der Waals surface area (Å²) in [6.45, 7) is 0.501. The molecule has 3 aromatic carbocycles. The van der Waals surface area contributed by atoms with Gasteiger partial charge in [-0.2, -0.15) is 0 Å². The van der Waals surface area contributed by atoms with Crippen molar-refractivity contribution in [1.82, 2.24) is 0 Å². The zero-order valence-electron chi connectivity index (χ0n) is 14.5. The minimum atomic E-state index is -0.577. The normalized spacial score (nSPS) is 13.2. The van der Waals surface area contributed by atoms with Crippen LogP contribution >= 0.6 is 11.6 Å². The molecule has 0 spiro atoms. The molecule has 0 bridgehead atoms. The predicted molar refractivity (Wildman–Crippen MR) is 108 cm³/mol. The van der Waals surface area contributed by atoms with E-state index in [4.69, 9.17) is 17.3 Å². The molecule has 0 aliphatic rings. The van der Waals surface area contributed by atoms with E-state index in [1.165, 1.54) is 0 Å². The van der Waals surface area contributed by atoms with Gasteiger partial charge in [0.05, 0.1) is 12.1 Å². The first-order chi connectivity index (χ1) is 12.7. The lowest BCUT2D eigenvalue weighted by molar-refractivity contribution is 0.160. The monoisotopic (exact) mass is 366 g/mol. The van der Waals surface area contributed by atoms with Crippen LogP contribution in [0.1, 0.15) is 35.3 Å². The lowest BCUT2D eigenvalue weighted by Crippen LogP contribution is -2.15. The third-order valence-corrected chi connectivity index (χ3v) is 4.70. The predicted octanol–water partition coefficient (Wildman–Crippen LogP) is 5.08. The number of hydrogen-bond acceptors (Lipinski definition) is 3. The Labute approximate surface area is 159 Å². The highest BCUT2D eigenvalue weighted by atomic mass is 35.5. The lowest BCUT2D eigenvalue weighted by Gasteiger charge is -2.24. The van der Waals surface area contributed by atoms with Crippen LogP contribution in [0.2, 0.25) is 5.02 Å². The van der Waals surface area contributed by atoms with Gasteiger partial charge in [-0.3, -0.25) is 0 Å². The molecule has 26 heavy (non-hydrogen) atoms. The Hall–Kier alpha value is -2.33. The zero-order chi connectivity index (χ0) is 18.4. The second-order valence-corrected chi connectivity index (χ2v) is 6.75. The fraction of sp³-hybridized carbons (Fsp3) is 0.182. The van der Waals surface area contributed by atoms with E-state index in [9.17, 15) is 5.11 Å². The molecule has 0 amide bonds. The van der Waals surface area contributed by atoms with Gasteiger partial charge in [0.1, 0.15) is 0 Å². The number of hydrogen-bond donors (Lipinski definition) is 3. The molecule has 134 valence electrons. The summed E-state index contributed by atoms with van der Waals surface area (Å²) in [5.41, 5.74) is 9.68. The number of rotatable bonds is 7. The molecule has 0 radical (unpaired) electrons. The van der Waals surface area contributed by atoms with Gasteiger partial charge in [0.2, 0.25) is 0 Å². The van der Waals surface area contributed by atoms with Gasteiger partial charge in [0.25, 0.3) is 0 Å². The highest BCUT2D eigenvalue weighted by Gasteiger charge is 2.18. The largest absolute Gasteiger partial charge is 0.388 e. The maximum absolute atomic E-state index is 10.7. The standard InChI is InChI=1S/C22H23ClN2O/c23-19-10-12-20(13-11-19)25-21(17-4-2-1-3-5-17)14-22(26)18-8-6-16(15-24)7-9-18/h1-13,21-22,25-26H,14-15,24H2. The van der Waals surface area contributed by atoms with Crippen LogP contribution in [0.25, 0.3) is 0 Å². The van der Waals surface area contributed by atoms with Crippen molar-refractivity contribution in [3.8, 4) is 0 Å². The SMILES string of the molecule is NCc1ccc(C(O)CC(Nc2ccc(Cl)cc2)c2ccccc2)cc1. The molecular formula is C22H23ClN2O. The van der Waals surface area contributed by atoms with E-state index in [-0.39, 0.29) is 6.04 Å². The fourth-order valence-corrected chi connectivity index (χ4v) is 3.07. The summed E-state index contributed by atoms with van der Waals surface area (Å²) in [6, 6.07) is 25.5. The number of aliphatic hydroxyl groups is 1. The quantitative estimate of drug-likeness (QED) is 0.546. The van der Waals surface area contributed by atoms with Crippen molar-refractivity contribution in [2.24, 2.45) is 5.73 Å². The summed E-state index contributed by atoms with van der Waals surface area (Å²) in [6.07, 6.45) is -0.0268. The Kier molecular flexibility index (Phi) is 6.29. The minimum absolute atomic E-state index is 0.0263. The number of nitrogens with one attached hydrogen (secondary N) is 1. The summed E-state index contributed by atoms with van der Waals surface area (Å²) >= 11 is 5.98.